The van der Waals surface area contributed by atoms with Gasteiger partial charge in [-0.15, -0.1) is 11.3 Å². The zero-order chi connectivity index (χ0) is 14.2. The van der Waals surface area contributed by atoms with Crippen molar-refractivity contribution in [1.29, 1.82) is 0 Å². The van der Waals surface area contributed by atoms with E-state index in [2.05, 4.69) is 10.6 Å². The fourth-order valence-electron chi connectivity index (χ4n) is 2.03. The van der Waals surface area contributed by atoms with E-state index >= 15 is 0 Å². The predicted octanol–water partition coefficient (Wildman–Crippen LogP) is 2.98. The first-order valence-corrected chi connectivity index (χ1v) is 7.12. The highest BCUT2D eigenvalue weighted by Gasteiger charge is 2.29. The lowest BCUT2D eigenvalue weighted by Gasteiger charge is -2.13. The summed E-state index contributed by atoms with van der Waals surface area (Å²) in [7, 11) is 0. The van der Waals surface area contributed by atoms with Crippen LogP contribution in [0.2, 0.25) is 0 Å². The Morgan fingerprint density at radius 3 is 2.53 bits per heavy atom. The van der Waals surface area contributed by atoms with Crippen LogP contribution in [0.1, 0.15) is 40.6 Å². The van der Waals surface area contributed by atoms with E-state index < -0.39 is 5.97 Å². The van der Waals surface area contributed by atoms with Crippen molar-refractivity contribution in [3.8, 4) is 0 Å². The molecule has 5 nitrogen and oxygen atoms in total. The summed E-state index contributed by atoms with van der Waals surface area (Å²) in [4.78, 5) is 24.0. The van der Waals surface area contributed by atoms with Crippen LogP contribution in [0.4, 0.5) is 9.80 Å². The van der Waals surface area contributed by atoms with E-state index in [1.54, 1.807) is 6.92 Å². The van der Waals surface area contributed by atoms with Gasteiger partial charge in [0.2, 0.25) is 0 Å². The van der Waals surface area contributed by atoms with Crippen molar-refractivity contribution in [2.75, 3.05) is 5.32 Å². The number of urea groups is 1. The van der Waals surface area contributed by atoms with Crippen LogP contribution in [0.25, 0.3) is 0 Å². The third-order valence-corrected chi connectivity index (χ3v) is 4.64. The number of aryl methyl sites for hydroxylation is 1. The molecule has 0 radical (unpaired) electrons. The minimum absolute atomic E-state index is 0.135. The Bertz CT molecular complexity index is 520. The Morgan fingerprint density at radius 2 is 2.00 bits per heavy atom. The Balaban J connectivity index is 2.07. The second-order valence-corrected chi connectivity index (χ2v) is 6.24. The normalized spacial score (nSPS) is 15.9. The van der Waals surface area contributed by atoms with Crippen LogP contribution in [0.15, 0.2) is 0 Å². The molecule has 1 heterocycles. The molecule has 0 aliphatic heterocycles. The van der Waals surface area contributed by atoms with Crippen LogP contribution >= 0.6 is 11.3 Å². The molecule has 1 aliphatic carbocycles. The van der Waals surface area contributed by atoms with Gasteiger partial charge in [0.25, 0.3) is 0 Å². The molecule has 0 aromatic carbocycles. The van der Waals surface area contributed by atoms with Crippen molar-refractivity contribution in [3.63, 3.8) is 0 Å². The molecule has 1 aromatic rings. The Kier molecular flexibility index (Phi) is 3.80. The number of aromatic carboxylic acids is 1. The first kappa shape index (κ1) is 13.9. The van der Waals surface area contributed by atoms with Gasteiger partial charge in [0.15, 0.2) is 0 Å². The van der Waals surface area contributed by atoms with Crippen LogP contribution in [-0.4, -0.2) is 23.1 Å². The van der Waals surface area contributed by atoms with Crippen LogP contribution < -0.4 is 10.6 Å². The Hall–Kier alpha value is -1.56. The smallest absolute Gasteiger partial charge is 0.338 e. The first-order valence-electron chi connectivity index (χ1n) is 6.31. The van der Waals surface area contributed by atoms with Crippen molar-refractivity contribution in [1.82, 2.24) is 5.32 Å². The summed E-state index contributed by atoms with van der Waals surface area (Å²) < 4.78 is 0. The van der Waals surface area contributed by atoms with E-state index in [1.165, 1.54) is 11.3 Å². The topological polar surface area (TPSA) is 78.4 Å². The van der Waals surface area contributed by atoms with E-state index in [4.69, 9.17) is 0 Å². The highest BCUT2D eigenvalue weighted by atomic mass is 32.1. The number of thiophene rings is 1. The van der Waals surface area contributed by atoms with Gasteiger partial charge in [0, 0.05) is 10.9 Å². The van der Waals surface area contributed by atoms with Gasteiger partial charge in [0.1, 0.15) is 5.00 Å². The summed E-state index contributed by atoms with van der Waals surface area (Å²) in [5.41, 5.74) is 0.903. The maximum Gasteiger partial charge on any atom is 0.338 e. The molecular weight excluding hydrogens is 264 g/mol. The molecule has 19 heavy (non-hydrogen) atoms. The number of hydrogen-bond acceptors (Lipinski definition) is 3. The molecule has 1 aromatic heterocycles. The number of carbonyl (C=O) groups excluding carboxylic acids is 1. The summed E-state index contributed by atoms with van der Waals surface area (Å²) >= 11 is 1.30. The van der Waals surface area contributed by atoms with Gasteiger partial charge in [-0.3, -0.25) is 5.32 Å². The third kappa shape index (κ3) is 3.07. The molecule has 1 atom stereocenters. The molecule has 6 heteroatoms. The minimum Gasteiger partial charge on any atom is -0.478 e. The molecule has 0 spiro atoms. The van der Waals surface area contributed by atoms with Crippen molar-refractivity contribution in [2.24, 2.45) is 5.92 Å². The fraction of sp³-hybridized carbons (Fsp3) is 0.538. The molecule has 1 fully saturated rings. The van der Waals surface area contributed by atoms with Crippen molar-refractivity contribution < 1.29 is 14.7 Å². The largest absolute Gasteiger partial charge is 0.478 e. The summed E-state index contributed by atoms with van der Waals surface area (Å²) in [6.45, 7) is 5.58. The Labute approximate surface area is 116 Å². The van der Waals surface area contributed by atoms with E-state index in [9.17, 15) is 14.7 Å². The number of carbonyl (C=O) groups is 2. The van der Waals surface area contributed by atoms with Gasteiger partial charge >= 0.3 is 12.0 Å². The van der Waals surface area contributed by atoms with Crippen molar-refractivity contribution in [3.05, 3.63) is 16.0 Å². The molecule has 2 rings (SSSR count). The van der Waals surface area contributed by atoms with E-state index in [-0.39, 0.29) is 17.6 Å². The zero-order valence-corrected chi connectivity index (χ0v) is 12.1. The lowest BCUT2D eigenvalue weighted by Crippen LogP contribution is -2.37. The maximum absolute atomic E-state index is 11.8. The van der Waals surface area contributed by atoms with Gasteiger partial charge in [0.05, 0.1) is 5.56 Å². The molecule has 1 aliphatic rings. The number of carboxylic acid groups (broad SMARTS) is 1. The summed E-state index contributed by atoms with van der Waals surface area (Å²) in [5.74, 6) is -0.441. The number of anilines is 1. The highest BCUT2D eigenvalue weighted by Crippen LogP contribution is 2.33. The van der Waals surface area contributed by atoms with Crippen LogP contribution in [0.3, 0.4) is 0 Å². The SMILES string of the molecule is Cc1sc(NC(=O)NC(C)C2CC2)c(C(=O)O)c1C. The first-order chi connectivity index (χ1) is 8.90. The summed E-state index contributed by atoms with van der Waals surface area (Å²) in [6.07, 6.45) is 2.30. The third-order valence-electron chi connectivity index (χ3n) is 3.51. The molecule has 0 saturated heterocycles. The maximum atomic E-state index is 11.8. The number of rotatable bonds is 4. The number of carboxylic acids is 1. The zero-order valence-electron chi connectivity index (χ0n) is 11.2. The van der Waals surface area contributed by atoms with Gasteiger partial charge in [-0.25, -0.2) is 9.59 Å². The average Bonchev–Trinajstić information content (AvgIpc) is 3.07. The molecule has 2 amide bonds. The number of hydrogen-bond donors (Lipinski definition) is 3. The van der Waals surface area contributed by atoms with Crippen molar-refractivity contribution >= 4 is 28.3 Å². The standard InChI is InChI=1S/C13H18N2O3S/c1-6-8(3)19-11(10(6)12(16)17)15-13(18)14-7(2)9-4-5-9/h7,9H,4-5H2,1-3H3,(H,16,17)(H2,14,15,18). The highest BCUT2D eigenvalue weighted by molar-refractivity contribution is 7.16. The number of nitrogens with one attached hydrogen (secondary N) is 2. The van der Waals surface area contributed by atoms with Crippen LogP contribution in [0.5, 0.6) is 0 Å². The van der Waals surface area contributed by atoms with Gasteiger partial charge < -0.3 is 10.4 Å². The monoisotopic (exact) mass is 282 g/mol. The van der Waals surface area contributed by atoms with Crippen LogP contribution in [-0.2, 0) is 0 Å². The Morgan fingerprint density at radius 1 is 1.37 bits per heavy atom. The minimum atomic E-state index is -1.01. The van der Waals surface area contributed by atoms with Gasteiger partial charge in [-0.2, -0.15) is 0 Å². The lowest BCUT2D eigenvalue weighted by atomic mass is 10.1. The van der Waals surface area contributed by atoms with E-state index in [1.807, 2.05) is 13.8 Å². The quantitative estimate of drug-likeness (QED) is 0.794. The van der Waals surface area contributed by atoms with Crippen LogP contribution in [0, 0.1) is 19.8 Å². The molecule has 104 valence electrons. The molecule has 1 unspecified atom stereocenters. The molecule has 0 bridgehead atoms. The van der Waals surface area contributed by atoms with Crippen molar-refractivity contribution in [2.45, 2.75) is 39.7 Å². The average molecular weight is 282 g/mol. The second kappa shape index (κ2) is 5.21. The number of amides is 2. The summed E-state index contributed by atoms with van der Waals surface area (Å²) in [5, 5.41) is 15.1. The molecular formula is C13H18N2O3S. The van der Waals surface area contributed by atoms with E-state index in [0.717, 1.165) is 17.7 Å². The fourth-order valence-corrected chi connectivity index (χ4v) is 3.08. The summed E-state index contributed by atoms with van der Waals surface area (Å²) in [6, 6.07) is -0.196. The molecule has 1 saturated carbocycles. The van der Waals surface area contributed by atoms with E-state index in [0.29, 0.717) is 16.5 Å². The molecule has 3 N–H and O–H groups in total. The van der Waals surface area contributed by atoms with Gasteiger partial charge in [-0.1, -0.05) is 0 Å². The predicted molar refractivity (Wildman–Crippen MR) is 75.1 cm³/mol. The van der Waals surface area contributed by atoms with Gasteiger partial charge in [-0.05, 0) is 45.1 Å². The second-order valence-electron chi connectivity index (χ2n) is 5.02. The lowest BCUT2D eigenvalue weighted by molar-refractivity contribution is 0.0697.